The van der Waals surface area contributed by atoms with Crippen molar-refractivity contribution in [1.29, 1.82) is 0 Å². The van der Waals surface area contributed by atoms with Crippen molar-refractivity contribution in [2.24, 2.45) is 0 Å². The first-order chi connectivity index (χ1) is 21.4. The topological polar surface area (TPSA) is 85.5 Å². The fourth-order valence-corrected chi connectivity index (χ4v) is 6.55. The van der Waals surface area contributed by atoms with Crippen molar-refractivity contribution in [3.63, 3.8) is 0 Å². The van der Waals surface area contributed by atoms with Crippen LogP contribution in [0.3, 0.4) is 0 Å². The van der Waals surface area contributed by atoms with Crippen LogP contribution in [-0.2, 0) is 17.6 Å². The van der Waals surface area contributed by atoms with Crippen LogP contribution in [0, 0.1) is 5.82 Å². The van der Waals surface area contributed by atoms with E-state index in [0.29, 0.717) is 12.0 Å². The molecular formula is C36H31FN4O3. The van der Waals surface area contributed by atoms with Gasteiger partial charge in [-0.3, -0.25) is 14.5 Å². The fourth-order valence-electron chi connectivity index (χ4n) is 6.55. The molecule has 0 radical (unpaired) electrons. The molecule has 7 rings (SSSR count). The van der Waals surface area contributed by atoms with Gasteiger partial charge in [-0.15, -0.1) is 0 Å². The van der Waals surface area contributed by atoms with Crippen molar-refractivity contribution in [2.45, 2.75) is 44.3 Å². The number of H-pyrrole nitrogens is 1. The minimum Gasteiger partial charge on any atom is -0.356 e. The maximum absolute atomic E-state index is 14.3. The number of aromatic nitrogens is 1. The Kier molecular flexibility index (Phi) is 6.97. The maximum Gasteiger partial charge on any atom is 0.332 e. The molecule has 2 aliphatic heterocycles. The summed E-state index contributed by atoms with van der Waals surface area (Å²) in [4.78, 5) is 48.2. The Morgan fingerprint density at radius 3 is 2.43 bits per heavy atom. The third-order valence-corrected chi connectivity index (χ3v) is 8.71. The molecule has 3 atom stereocenters. The molecule has 0 bridgehead atoms. The first-order valence-corrected chi connectivity index (χ1v) is 14.9. The SMILES string of the molecule is C[C@@H](CCc1ccccc1)NC(=O)c1ccccc1N1C(=O)[C@@H]2Cc3c([nH]c4ccccc34)[C@@H](c3ccc(F)cc3)N2C1=O. The van der Waals surface area contributed by atoms with Gasteiger partial charge in [-0.2, -0.15) is 0 Å². The summed E-state index contributed by atoms with van der Waals surface area (Å²) in [5.74, 6) is -1.13. The summed E-state index contributed by atoms with van der Waals surface area (Å²) < 4.78 is 14.0. The normalized spacial score (nSPS) is 18.3. The Morgan fingerprint density at radius 2 is 1.64 bits per heavy atom. The smallest absolute Gasteiger partial charge is 0.332 e. The molecule has 1 saturated heterocycles. The van der Waals surface area contributed by atoms with Gasteiger partial charge in [0.15, 0.2) is 0 Å². The van der Waals surface area contributed by atoms with E-state index in [1.165, 1.54) is 17.7 Å². The number of amides is 4. The zero-order chi connectivity index (χ0) is 30.4. The number of nitrogens with one attached hydrogen (secondary N) is 2. The molecule has 0 aliphatic carbocycles. The number of carbonyl (C=O) groups is 3. The van der Waals surface area contributed by atoms with Gasteiger partial charge in [0.2, 0.25) is 0 Å². The molecule has 3 heterocycles. The highest BCUT2D eigenvalue weighted by atomic mass is 19.1. The van der Waals surface area contributed by atoms with Crippen LogP contribution in [0.2, 0.25) is 0 Å². The Hall–Kier alpha value is -5.24. The number of imide groups is 1. The number of para-hydroxylation sites is 2. The van der Waals surface area contributed by atoms with E-state index in [4.69, 9.17) is 0 Å². The molecule has 4 amide bonds. The van der Waals surface area contributed by atoms with E-state index in [1.807, 2.05) is 49.4 Å². The highest BCUT2D eigenvalue weighted by Crippen LogP contribution is 2.45. The van der Waals surface area contributed by atoms with Crippen LogP contribution in [0.15, 0.2) is 103 Å². The second kappa shape index (κ2) is 11.1. The van der Waals surface area contributed by atoms with Crippen LogP contribution in [0.25, 0.3) is 10.9 Å². The molecule has 1 fully saturated rings. The Labute approximate surface area is 254 Å². The van der Waals surface area contributed by atoms with E-state index in [2.05, 4.69) is 22.4 Å². The second-order valence-corrected chi connectivity index (χ2v) is 11.5. The molecule has 2 N–H and O–H groups in total. The van der Waals surface area contributed by atoms with Crippen molar-refractivity contribution >= 4 is 34.4 Å². The number of benzene rings is 4. The molecule has 0 unspecified atom stereocenters. The van der Waals surface area contributed by atoms with Gasteiger partial charge >= 0.3 is 6.03 Å². The van der Waals surface area contributed by atoms with Crippen LogP contribution < -0.4 is 10.2 Å². The number of aryl methyl sites for hydroxylation is 1. The van der Waals surface area contributed by atoms with Gasteiger partial charge in [0.25, 0.3) is 11.8 Å². The molecule has 44 heavy (non-hydrogen) atoms. The molecule has 4 aromatic carbocycles. The van der Waals surface area contributed by atoms with Gasteiger partial charge in [0.1, 0.15) is 17.9 Å². The summed E-state index contributed by atoms with van der Waals surface area (Å²) in [6.45, 7) is 1.95. The summed E-state index contributed by atoms with van der Waals surface area (Å²) >= 11 is 0. The van der Waals surface area contributed by atoms with E-state index in [0.717, 1.165) is 39.9 Å². The third-order valence-electron chi connectivity index (χ3n) is 8.71. The second-order valence-electron chi connectivity index (χ2n) is 11.5. The van der Waals surface area contributed by atoms with Crippen molar-refractivity contribution in [3.05, 3.63) is 137 Å². The first-order valence-electron chi connectivity index (χ1n) is 14.9. The van der Waals surface area contributed by atoms with Crippen LogP contribution in [0.5, 0.6) is 0 Å². The molecule has 1 aromatic heterocycles. The van der Waals surface area contributed by atoms with E-state index < -0.39 is 24.0 Å². The Bertz CT molecular complexity index is 1890. The van der Waals surface area contributed by atoms with E-state index in [1.54, 1.807) is 41.3 Å². The fraction of sp³-hybridized carbons (Fsp3) is 0.194. The molecule has 0 spiro atoms. The van der Waals surface area contributed by atoms with Crippen molar-refractivity contribution in [2.75, 3.05) is 4.90 Å². The zero-order valence-corrected chi connectivity index (χ0v) is 24.2. The van der Waals surface area contributed by atoms with Crippen LogP contribution in [0.4, 0.5) is 14.9 Å². The number of anilines is 1. The lowest BCUT2D eigenvalue weighted by atomic mass is 9.89. The van der Waals surface area contributed by atoms with Crippen LogP contribution >= 0.6 is 0 Å². The van der Waals surface area contributed by atoms with Gasteiger partial charge in [-0.05, 0) is 66.8 Å². The molecule has 7 nitrogen and oxygen atoms in total. The first kappa shape index (κ1) is 27.6. The minimum atomic E-state index is -0.787. The number of rotatable bonds is 7. The summed E-state index contributed by atoms with van der Waals surface area (Å²) in [5, 5.41) is 4.03. The molecule has 5 aromatic rings. The number of nitrogens with zero attached hydrogens (tertiary/aromatic N) is 2. The lowest BCUT2D eigenvalue weighted by molar-refractivity contribution is -0.120. The van der Waals surface area contributed by atoms with Crippen molar-refractivity contribution in [3.8, 4) is 0 Å². The molecule has 220 valence electrons. The monoisotopic (exact) mass is 586 g/mol. The standard InChI is InChI=1S/C36H31FN4O3/c1-22(15-16-23-9-3-2-4-10-23)38-34(42)27-12-6-8-14-30(27)41-35(43)31-21-28-26-11-5-7-13-29(26)39-32(28)33(40(31)36(41)44)24-17-19-25(37)20-18-24/h2-14,17-20,22,31,33,39H,15-16,21H2,1H3,(H,38,42)/t22-,31-,33+/m0/s1. The number of halogens is 1. The number of aromatic amines is 1. The Balaban J connectivity index is 1.22. The highest BCUT2D eigenvalue weighted by Gasteiger charge is 2.53. The predicted molar refractivity (Wildman–Crippen MR) is 167 cm³/mol. The number of carbonyl (C=O) groups excluding carboxylic acids is 3. The van der Waals surface area contributed by atoms with Gasteiger partial charge in [-0.1, -0.05) is 72.8 Å². The number of fused-ring (bicyclic) bond motifs is 4. The molecular weight excluding hydrogens is 555 g/mol. The van der Waals surface area contributed by atoms with Gasteiger partial charge in [0, 0.05) is 29.1 Å². The molecule has 0 saturated carbocycles. The van der Waals surface area contributed by atoms with Crippen molar-refractivity contribution < 1.29 is 18.8 Å². The van der Waals surface area contributed by atoms with Gasteiger partial charge in [-0.25, -0.2) is 14.1 Å². The predicted octanol–water partition coefficient (Wildman–Crippen LogP) is 6.54. The number of urea groups is 1. The molecule has 2 aliphatic rings. The minimum absolute atomic E-state index is 0.131. The average Bonchev–Trinajstić information content (AvgIpc) is 3.54. The van der Waals surface area contributed by atoms with Gasteiger partial charge in [0.05, 0.1) is 11.3 Å². The number of hydrogen-bond acceptors (Lipinski definition) is 3. The highest BCUT2D eigenvalue weighted by molar-refractivity contribution is 6.24. The lowest BCUT2D eigenvalue weighted by Gasteiger charge is -2.36. The lowest BCUT2D eigenvalue weighted by Crippen LogP contribution is -2.44. The van der Waals surface area contributed by atoms with E-state index in [9.17, 15) is 18.8 Å². The van der Waals surface area contributed by atoms with Crippen LogP contribution in [-0.4, -0.2) is 39.8 Å². The molecule has 8 heteroatoms. The maximum atomic E-state index is 14.3. The van der Waals surface area contributed by atoms with E-state index in [-0.39, 0.29) is 29.0 Å². The number of hydrogen-bond donors (Lipinski definition) is 2. The van der Waals surface area contributed by atoms with Crippen LogP contribution in [0.1, 0.15) is 52.1 Å². The largest absolute Gasteiger partial charge is 0.356 e. The zero-order valence-electron chi connectivity index (χ0n) is 24.2. The quantitative estimate of drug-likeness (QED) is 0.212. The Morgan fingerprint density at radius 1 is 0.932 bits per heavy atom. The van der Waals surface area contributed by atoms with Gasteiger partial charge < -0.3 is 10.3 Å². The van der Waals surface area contributed by atoms with E-state index >= 15 is 0 Å². The van der Waals surface area contributed by atoms with Crippen molar-refractivity contribution in [1.82, 2.24) is 15.2 Å². The summed E-state index contributed by atoms with van der Waals surface area (Å²) in [6.07, 6.45) is 1.87. The summed E-state index contributed by atoms with van der Waals surface area (Å²) in [5.41, 5.74) is 5.04. The average molecular weight is 587 g/mol. The summed E-state index contributed by atoms with van der Waals surface area (Å²) in [6, 6.07) is 28.6. The summed E-state index contributed by atoms with van der Waals surface area (Å²) in [7, 11) is 0. The third kappa shape index (κ3) is 4.72.